The summed E-state index contributed by atoms with van der Waals surface area (Å²) in [6.45, 7) is 5.20. The predicted octanol–water partition coefficient (Wildman–Crippen LogP) is 1.87. The van der Waals surface area contributed by atoms with Crippen LogP contribution >= 0.6 is 11.6 Å². The van der Waals surface area contributed by atoms with E-state index in [4.69, 9.17) is 11.6 Å². The van der Waals surface area contributed by atoms with Gasteiger partial charge in [-0.1, -0.05) is 0 Å². The molecule has 0 bridgehead atoms. The summed E-state index contributed by atoms with van der Waals surface area (Å²) < 4.78 is 0. The number of rotatable bonds is 3. The summed E-state index contributed by atoms with van der Waals surface area (Å²) in [6, 6.07) is 1.97. The molecule has 4 nitrogen and oxygen atoms in total. The third kappa shape index (κ3) is 3.54. The lowest BCUT2D eigenvalue weighted by atomic mass is 9.99. The Labute approximate surface area is 107 Å². The fourth-order valence-corrected chi connectivity index (χ4v) is 2.49. The molecule has 0 saturated carbocycles. The maximum atomic E-state index is 5.88. The van der Waals surface area contributed by atoms with Gasteiger partial charge in [-0.3, -0.25) is 0 Å². The molecule has 5 heteroatoms. The Balaban J connectivity index is 2.00. The topological polar surface area (TPSA) is 41.0 Å². The molecule has 1 aliphatic heterocycles. The summed E-state index contributed by atoms with van der Waals surface area (Å²) in [5, 5.41) is 3.76. The molecule has 0 spiro atoms. The number of aryl methyl sites for hydroxylation is 1. The summed E-state index contributed by atoms with van der Waals surface area (Å²) in [6.07, 6.45) is 2.55. The number of aromatic nitrogens is 2. The number of piperidine rings is 1. The van der Waals surface area contributed by atoms with E-state index in [2.05, 4.69) is 27.2 Å². The van der Waals surface area contributed by atoms with Crippen LogP contribution in [0.15, 0.2) is 6.07 Å². The lowest BCUT2D eigenvalue weighted by molar-refractivity contribution is 0.380. The Morgan fingerprint density at radius 2 is 2.35 bits per heavy atom. The lowest BCUT2D eigenvalue weighted by Crippen LogP contribution is -2.37. The molecule has 0 radical (unpaired) electrons. The van der Waals surface area contributed by atoms with Crippen molar-refractivity contribution >= 4 is 17.4 Å². The highest BCUT2D eigenvalue weighted by molar-refractivity contribution is 6.28. The first-order chi connectivity index (χ1) is 8.15. The maximum Gasteiger partial charge on any atom is 0.224 e. The lowest BCUT2D eigenvalue weighted by Gasteiger charge is -2.28. The van der Waals surface area contributed by atoms with Crippen LogP contribution < -0.4 is 10.2 Å². The number of nitrogens with one attached hydrogen (secondary N) is 1. The van der Waals surface area contributed by atoms with E-state index in [-0.39, 0.29) is 0 Å². The fraction of sp³-hybridized carbons (Fsp3) is 0.667. The van der Waals surface area contributed by atoms with Gasteiger partial charge in [0.05, 0.1) is 0 Å². The monoisotopic (exact) mass is 254 g/mol. The number of nitrogens with zero attached hydrogens (tertiary/aromatic N) is 3. The zero-order valence-electron chi connectivity index (χ0n) is 10.4. The highest BCUT2D eigenvalue weighted by Gasteiger charge is 2.16. The van der Waals surface area contributed by atoms with Crippen LogP contribution in [0.4, 0.5) is 5.82 Å². The average molecular weight is 255 g/mol. The van der Waals surface area contributed by atoms with Crippen LogP contribution in [-0.2, 0) is 0 Å². The van der Waals surface area contributed by atoms with Crippen molar-refractivity contribution in [2.75, 3.05) is 31.6 Å². The largest absolute Gasteiger partial charge is 0.359 e. The second-order valence-electron chi connectivity index (χ2n) is 4.73. The zero-order chi connectivity index (χ0) is 12.3. The summed E-state index contributed by atoms with van der Waals surface area (Å²) >= 11 is 5.88. The van der Waals surface area contributed by atoms with Gasteiger partial charge >= 0.3 is 0 Å². The molecule has 94 valence electrons. The number of anilines is 1. The van der Waals surface area contributed by atoms with Crippen molar-refractivity contribution in [3.05, 3.63) is 17.0 Å². The van der Waals surface area contributed by atoms with E-state index in [1.807, 2.05) is 13.0 Å². The van der Waals surface area contributed by atoms with E-state index >= 15 is 0 Å². The molecule has 0 unspecified atom stereocenters. The van der Waals surface area contributed by atoms with Gasteiger partial charge in [0.15, 0.2) is 0 Å². The second-order valence-corrected chi connectivity index (χ2v) is 5.07. The second kappa shape index (κ2) is 5.65. The molecular weight excluding hydrogens is 236 g/mol. The quantitative estimate of drug-likeness (QED) is 0.837. The van der Waals surface area contributed by atoms with E-state index in [1.165, 1.54) is 12.8 Å². The Morgan fingerprint density at radius 3 is 3.00 bits per heavy atom. The SMILES string of the molecule is Cc1cc(N(C)C[C@H]2CCCNC2)nc(Cl)n1. The van der Waals surface area contributed by atoms with Gasteiger partial charge in [0.1, 0.15) is 5.82 Å². The van der Waals surface area contributed by atoms with Crippen LogP contribution in [0.5, 0.6) is 0 Å². The standard InChI is InChI=1S/C12H19ClN4/c1-9-6-11(16-12(13)15-9)17(2)8-10-4-3-5-14-7-10/h6,10,14H,3-5,7-8H2,1-2H3/t10-/m0/s1. The number of hydrogen-bond donors (Lipinski definition) is 1. The Kier molecular flexibility index (Phi) is 4.18. The van der Waals surface area contributed by atoms with Crippen LogP contribution in [0, 0.1) is 12.8 Å². The molecule has 1 aliphatic rings. The molecule has 0 amide bonds. The molecule has 1 N–H and O–H groups in total. The third-order valence-electron chi connectivity index (χ3n) is 3.14. The number of hydrogen-bond acceptors (Lipinski definition) is 4. The van der Waals surface area contributed by atoms with E-state index in [0.29, 0.717) is 11.2 Å². The van der Waals surface area contributed by atoms with Gasteiger partial charge in [-0.15, -0.1) is 0 Å². The molecule has 0 aliphatic carbocycles. The maximum absolute atomic E-state index is 5.88. The Bertz CT molecular complexity index is 357. The van der Waals surface area contributed by atoms with Crippen LogP contribution in [-0.4, -0.2) is 36.6 Å². The van der Waals surface area contributed by atoms with Gasteiger partial charge in [-0.05, 0) is 50.4 Å². The summed E-state index contributed by atoms with van der Waals surface area (Å²) in [4.78, 5) is 10.5. The van der Waals surface area contributed by atoms with Crippen molar-refractivity contribution < 1.29 is 0 Å². The average Bonchev–Trinajstić information content (AvgIpc) is 2.29. The van der Waals surface area contributed by atoms with E-state index in [9.17, 15) is 0 Å². The Morgan fingerprint density at radius 1 is 1.53 bits per heavy atom. The third-order valence-corrected chi connectivity index (χ3v) is 3.30. The van der Waals surface area contributed by atoms with Crippen molar-refractivity contribution in [1.82, 2.24) is 15.3 Å². The molecular formula is C12H19ClN4. The fourth-order valence-electron chi connectivity index (χ4n) is 2.27. The van der Waals surface area contributed by atoms with Crippen molar-refractivity contribution in [2.24, 2.45) is 5.92 Å². The van der Waals surface area contributed by atoms with Gasteiger partial charge in [0, 0.05) is 25.4 Å². The van der Waals surface area contributed by atoms with Gasteiger partial charge in [-0.2, -0.15) is 0 Å². The van der Waals surface area contributed by atoms with Crippen LogP contribution in [0.3, 0.4) is 0 Å². The summed E-state index contributed by atoms with van der Waals surface area (Å²) in [5.74, 6) is 1.61. The molecule has 1 saturated heterocycles. The van der Waals surface area contributed by atoms with Crippen LogP contribution in [0.25, 0.3) is 0 Å². The highest BCUT2D eigenvalue weighted by atomic mass is 35.5. The molecule has 2 rings (SSSR count). The summed E-state index contributed by atoms with van der Waals surface area (Å²) in [5.41, 5.74) is 0.911. The van der Waals surface area contributed by atoms with Crippen molar-refractivity contribution in [3.63, 3.8) is 0 Å². The van der Waals surface area contributed by atoms with Gasteiger partial charge in [-0.25, -0.2) is 9.97 Å². The molecule has 1 atom stereocenters. The van der Waals surface area contributed by atoms with Gasteiger partial charge in [0.2, 0.25) is 5.28 Å². The van der Waals surface area contributed by atoms with Crippen molar-refractivity contribution in [3.8, 4) is 0 Å². The molecule has 0 aromatic carbocycles. The van der Waals surface area contributed by atoms with Crippen molar-refractivity contribution in [1.29, 1.82) is 0 Å². The normalized spacial score (nSPS) is 20.3. The van der Waals surface area contributed by atoms with Crippen molar-refractivity contribution in [2.45, 2.75) is 19.8 Å². The molecule has 2 heterocycles. The molecule has 1 aromatic rings. The number of halogens is 1. The first-order valence-electron chi connectivity index (χ1n) is 6.08. The summed E-state index contributed by atoms with van der Waals surface area (Å²) in [7, 11) is 2.06. The first-order valence-corrected chi connectivity index (χ1v) is 6.46. The molecule has 1 aromatic heterocycles. The predicted molar refractivity (Wildman–Crippen MR) is 70.6 cm³/mol. The highest BCUT2D eigenvalue weighted by Crippen LogP contribution is 2.17. The van der Waals surface area contributed by atoms with Gasteiger partial charge < -0.3 is 10.2 Å². The van der Waals surface area contributed by atoms with E-state index in [1.54, 1.807) is 0 Å². The van der Waals surface area contributed by atoms with Crippen LogP contribution in [0.2, 0.25) is 5.28 Å². The minimum absolute atomic E-state index is 0.327. The van der Waals surface area contributed by atoms with E-state index < -0.39 is 0 Å². The van der Waals surface area contributed by atoms with Crippen LogP contribution in [0.1, 0.15) is 18.5 Å². The minimum atomic E-state index is 0.327. The smallest absolute Gasteiger partial charge is 0.224 e. The zero-order valence-corrected chi connectivity index (χ0v) is 11.2. The minimum Gasteiger partial charge on any atom is -0.359 e. The first kappa shape index (κ1) is 12.6. The molecule has 17 heavy (non-hydrogen) atoms. The Hall–Kier alpha value is -0.870. The van der Waals surface area contributed by atoms with E-state index in [0.717, 1.165) is 31.1 Å². The molecule has 1 fully saturated rings. The van der Waals surface area contributed by atoms with Gasteiger partial charge in [0.25, 0.3) is 0 Å².